The molecule has 1 aliphatic rings. The molecule has 1 saturated heterocycles. The molecular weight excluding hydrogens is 358 g/mol. The zero-order valence-corrected chi connectivity index (χ0v) is 16.6. The summed E-state index contributed by atoms with van der Waals surface area (Å²) in [4.78, 5) is 19.8. The Morgan fingerprint density at radius 2 is 2.11 bits per heavy atom. The molecule has 1 atom stereocenters. The maximum Gasteiger partial charge on any atom is 0.251 e. The largest absolute Gasteiger partial charge is 0.379 e. The molecule has 0 radical (unpaired) electrons. The average molecular weight is 384 g/mol. The number of H-pyrrole nitrogens is 1. The summed E-state index contributed by atoms with van der Waals surface area (Å²) < 4.78 is 5.49. The summed E-state index contributed by atoms with van der Waals surface area (Å²) in [6.45, 7) is 8.03. The Labute approximate surface area is 163 Å². The van der Waals surface area contributed by atoms with E-state index in [-0.39, 0.29) is 11.9 Å². The predicted molar refractivity (Wildman–Crippen MR) is 110 cm³/mol. The van der Waals surface area contributed by atoms with Gasteiger partial charge in [0.2, 0.25) is 0 Å². The molecule has 2 aromatic heterocycles. The van der Waals surface area contributed by atoms with Gasteiger partial charge in [0, 0.05) is 46.7 Å². The Morgan fingerprint density at radius 1 is 1.30 bits per heavy atom. The van der Waals surface area contributed by atoms with E-state index in [0.717, 1.165) is 42.9 Å². The van der Waals surface area contributed by atoms with Crippen molar-refractivity contribution >= 4 is 28.1 Å². The number of morpholine rings is 1. The molecule has 0 aliphatic carbocycles. The lowest BCUT2D eigenvalue weighted by atomic mass is 10.1. The second-order valence-corrected chi connectivity index (χ2v) is 8.00. The molecule has 6 heteroatoms. The number of hydrogen-bond donors (Lipinski definition) is 2. The van der Waals surface area contributed by atoms with Crippen molar-refractivity contribution in [2.24, 2.45) is 0 Å². The van der Waals surface area contributed by atoms with Crippen molar-refractivity contribution < 1.29 is 9.53 Å². The fourth-order valence-corrected chi connectivity index (χ4v) is 4.53. The Morgan fingerprint density at radius 3 is 2.85 bits per heavy atom. The van der Waals surface area contributed by atoms with Gasteiger partial charge in [0.1, 0.15) is 0 Å². The maximum atomic E-state index is 12.8. The van der Waals surface area contributed by atoms with E-state index in [2.05, 4.69) is 46.6 Å². The SMILES string of the molecule is Cc1[nH]c2ccc(C(=O)NC[C@@H](c3cccs3)N3CCOCC3)cc2c1C. The predicted octanol–water partition coefficient (Wildman–Crippen LogP) is 3.65. The van der Waals surface area contributed by atoms with Gasteiger partial charge in [0.25, 0.3) is 5.91 Å². The molecule has 1 fully saturated rings. The smallest absolute Gasteiger partial charge is 0.251 e. The third-order valence-electron chi connectivity index (χ3n) is 5.38. The van der Waals surface area contributed by atoms with Gasteiger partial charge in [-0.2, -0.15) is 0 Å². The van der Waals surface area contributed by atoms with Crippen molar-refractivity contribution in [2.75, 3.05) is 32.8 Å². The van der Waals surface area contributed by atoms with E-state index in [4.69, 9.17) is 4.74 Å². The van der Waals surface area contributed by atoms with Crippen LogP contribution in [0.3, 0.4) is 0 Å². The van der Waals surface area contributed by atoms with Crippen LogP contribution in [0.15, 0.2) is 35.7 Å². The zero-order valence-electron chi connectivity index (χ0n) is 15.7. The Kier molecular flexibility index (Phi) is 5.29. The summed E-state index contributed by atoms with van der Waals surface area (Å²) in [6.07, 6.45) is 0. The molecule has 3 heterocycles. The molecular formula is C21H25N3O2S. The molecule has 1 aromatic carbocycles. The molecule has 4 rings (SSSR count). The topological polar surface area (TPSA) is 57.4 Å². The van der Waals surface area contributed by atoms with E-state index in [9.17, 15) is 4.79 Å². The number of carbonyl (C=O) groups is 1. The number of amides is 1. The number of aromatic amines is 1. The van der Waals surface area contributed by atoms with Crippen molar-refractivity contribution in [1.82, 2.24) is 15.2 Å². The summed E-state index contributed by atoms with van der Waals surface area (Å²) in [5.41, 5.74) is 4.12. The molecule has 5 nitrogen and oxygen atoms in total. The molecule has 3 aromatic rings. The Bertz CT molecular complexity index is 926. The number of fused-ring (bicyclic) bond motifs is 1. The van der Waals surface area contributed by atoms with Gasteiger partial charge in [0.05, 0.1) is 19.3 Å². The first kappa shape index (κ1) is 18.2. The first-order chi connectivity index (χ1) is 13.1. The van der Waals surface area contributed by atoms with E-state index in [0.29, 0.717) is 12.1 Å². The van der Waals surface area contributed by atoms with Gasteiger partial charge >= 0.3 is 0 Å². The molecule has 2 N–H and O–H groups in total. The lowest BCUT2D eigenvalue weighted by molar-refractivity contribution is 0.0169. The molecule has 1 aliphatic heterocycles. The lowest BCUT2D eigenvalue weighted by Gasteiger charge is -2.34. The molecule has 0 bridgehead atoms. The molecule has 1 amide bonds. The summed E-state index contributed by atoms with van der Waals surface area (Å²) in [6, 6.07) is 10.3. The lowest BCUT2D eigenvalue weighted by Crippen LogP contribution is -2.43. The third-order valence-corrected chi connectivity index (χ3v) is 6.36. The zero-order chi connectivity index (χ0) is 18.8. The monoisotopic (exact) mass is 383 g/mol. The van der Waals surface area contributed by atoms with E-state index in [1.807, 2.05) is 18.2 Å². The van der Waals surface area contributed by atoms with Crippen molar-refractivity contribution in [3.05, 3.63) is 57.4 Å². The highest BCUT2D eigenvalue weighted by Gasteiger charge is 2.24. The number of hydrogen-bond acceptors (Lipinski definition) is 4. The normalized spacial score (nSPS) is 16.5. The number of benzene rings is 1. The highest BCUT2D eigenvalue weighted by atomic mass is 32.1. The van der Waals surface area contributed by atoms with Crippen molar-refractivity contribution in [3.8, 4) is 0 Å². The number of nitrogens with zero attached hydrogens (tertiary/aromatic N) is 1. The Balaban J connectivity index is 1.50. The summed E-state index contributed by atoms with van der Waals surface area (Å²) in [7, 11) is 0. The van der Waals surface area contributed by atoms with Gasteiger partial charge < -0.3 is 15.0 Å². The van der Waals surface area contributed by atoms with Crippen LogP contribution in [0.25, 0.3) is 10.9 Å². The van der Waals surface area contributed by atoms with Crippen LogP contribution in [0.2, 0.25) is 0 Å². The molecule has 142 valence electrons. The highest BCUT2D eigenvalue weighted by molar-refractivity contribution is 7.10. The number of carbonyl (C=O) groups excluding carboxylic acids is 1. The van der Waals surface area contributed by atoms with Crippen LogP contribution in [0.5, 0.6) is 0 Å². The minimum Gasteiger partial charge on any atom is -0.379 e. The first-order valence-electron chi connectivity index (χ1n) is 9.36. The van der Waals surface area contributed by atoms with Gasteiger partial charge in [-0.25, -0.2) is 0 Å². The van der Waals surface area contributed by atoms with Gasteiger partial charge in [-0.15, -0.1) is 11.3 Å². The molecule has 0 saturated carbocycles. The quantitative estimate of drug-likeness (QED) is 0.707. The second kappa shape index (κ2) is 7.84. The third kappa shape index (κ3) is 3.78. The van der Waals surface area contributed by atoms with Crippen molar-refractivity contribution in [1.29, 1.82) is 0 Å². The molecule has 27 heavy (non-hydrogen) atoms. The second-order valence-electron chi connectivity index (χ2n) is 7.02. The van der Waals surface area contributed by atoms with Crippen molar-refractivity contribution in [3.63, 3.8) is 0 Å². The van der Waals surface area contributed by atoms with Crippen molar-refractivity contribution in [2.45, 2.75) is 19.9 Å². The van der Waals surface area contributed by atoms with Crippen LogP contribution in [-0.2, 0) is 4.74 Å². The minimum atomic E-state index is -0.0232. The van der Waals surface area contributed by atoms with E-state index >= 15 is 0 Å². The van der Waals surface area contributed by atoms with Crippen LogP contribution in [0.1, 0.15) is 32.5 Å². The summed E-state index contributed by atoms with van der Waals surface area (Å²) >= 11 is 1.74. The van der Waals surface area contributed by atoms with E-state index < -0.39 is 0 Å². The fraction of sp³-hybridized carbons (Fsp3) is 0.381. The maximum absolute atomic E-state index is 12.8. The van der Waals surface area contributed by atoms with Crippen LogP contribution >= 0.6 is 11.3 Å². The number of nitrogens with one attached hydrogen (secondary N) is 2. The van der Waals surface area contributed by atoms with Crippen LogP contribution in [0.4, 0.5) is 0 Å². The van der Waals surface area contributed by atoms with Gasteiger partial charge in [-0.1, -0.05) is 6.07 Å². The average Bonchev–Trinajstić information content (AvgIpc) is 3.31. The summed E-state index contributed by atoms with van der Waals surface area (Å²) in [5, 5.41) is 6.36. The van der Waals surface area contributed by atoms with Crippen LogP contribution in [0, 0.1) is 13.8 Å². The van der Waals surface area contributed by atoms with Gasteiger partial charge in [-0.3, -0.25) is 9.69 Å². The molecule has 0 spiro atoms. The van der Waals surface area contributed by atoms with Gasteiger partial charge in [0.15, 0.2) is 0 Å². The fourth-order valence-electron chi connectivity index (χ4n) is 3.67. The summed E-state index contributed by atoms with van der Waals surface area (Å²) in [5.74, 6) is -0.0232. The minimum absolute atomic E-state index is 0.0232. The Hall–Kier alpha value is -2.15. The standard InChI is InChI=1S/C21H25N3O2S/c1-14-15(2)23-18-6-5-16(12-17(14)18)21(25)22-13-19(20-4-3-11-27-20)24-7-9-26-10-8-24/h3-6,11-12,19,23H,7-10,13H2,1-2H3,(H,22,25)/t19-/m0/s1. The number of rotatable bonds is 5. The number of aryl methyl sites for hydroxylation is 2. The number of thiophene rings is 1. The highest BCUT2D eigenvalue weighted by Crippen LogP contribution is 2.26. The number of ether oxygens (including phenoxy) is 1. The molecule has 0 unspecified atom stereocenters. The van der Waals surface area contributed by atoms with Gasteiger partial charge in [-0.05, 0) is 49.1 Å². The van der Waals surface area contributed by atoms with E-state index in [1.165, 1.54) is 10.4 Å². The van der Waals surface area contributed by atoms with Crippen LogP contribution < -0.4 is 5.32 Å². The van der Waals surface area contributed by atoms with Crippen LogP contribution in [-0.4, -0.2) is 48.6 Å². The first-order valence-corrected chi connectivity index (χ1v) is 10.2. The van der Waals surface area contributed by atoms with E-state index in [1.54, 1.807) is 11.3 Å². The number of aromatic nitrogens is 1.